The Morgan fingerprint density at radius 1 is 1.40 bits per heavy atom. The minimum absolute atomic E-state index is 0.133. The van der Waals surface area contributed by atoms with E-state index < -0.39 is 15.2 Å². The van der Waals surface area contributed by atoms with E-state index in [1.54, 1.807) is 7.11 Å². The lowest BCUT2D eigenvalue weighted by molar-refractivity contribution is -0.118. The van der Waals surface area contributed by atoms with Crippen molar-refractivity contribution in [3.63, 3.8) is 0 Å². The summed E-state index contributed by atoms with van der Waals surface area (Å²) in [6.07, 6.45) is 1.10. The average Bonchev–Trinajstić information content (AvgIpc) is 2.90. The highest BCUT2D eigenvalue weighted by Crippen LogP contribution is 2.26. The minimum Gasteiger partial charge on any atom is -0.497 e. The molecule has 1 N–H and O–H groups in total. The molecule has 0 bridgehead atoms. The first-order chi connectivity index (χ1) is 11.9. The largest absolute Gasteiger partial charge is 0.497 e. The number of nitrogens with zero attached hydrogens (tertiary/aromatic N) is 1. The number of aromatic nitrogens is 1. The van der Waals surface area contributed by atoms with Crippen LogP contribution < -0.4 is 10.1 Å². The second-order valence-electron chi connectivity index (χ2n) is 6.01. The molecule has 3 rings (SSSR count). The van der Waals surface area contributed by atoms with Crippen LogP contribution in [-0.4, -0.2) is 43.3 Å². The van der Waals surface area contributed by atoms with Crippen LogP contribution in [0.25, 0.3) is 10.9 Å². The normalized spacial score (nSPS) is 19.0. The summed E-state index contributed by atoms with van der Waals surface area (Å²) in [6, 6.07) is 7.64. The number of aryl methyl sites for hydroxylation is 1. The average molecular weight is 380 g/mol. The van der Waals surface area contributed by atoms with Crippen molar-refractivity contribution in [1.29, 1.82) is 0 Å². The van der Waals surface area contributed by atoms with E-state index in [4.69, 9.17) is 4.74 Å². The van der Waals surface area contributed by atoms with Gasteiger partial charge in [0.05, 0.1) is 29.2 Å². The molecule has 0 radical (unpaired) electrons. The van der Waals surface area contributed by atoms with E-state index in [1.165, 1.54) is 11.8 Å². The number of ether oxygens (including phenoxy) is 1. The molecule has 1 aliphatic heterocycles. The molecule has 0 spiro atoms. The SMILES string of the molecule is COc1ccc2c(C)cc(SCC(=O)N[C@H]3CCCS3(=O)=O)nc2c1. The number of sulfone groups is 1. The fourth-order valence-electron chi connectivity index (χ4n) is 2.87. The highest BCUT2D eigenvalue weighted by Gasteiger charge is 2.32. The van der Waals surface area contributed by atoms with Gasteiger partial charge in [-0.15, -0.1) is 0 Å². The lowest BCUT2D eigenvalue weighted by atomic mass is 10.1. The standard InChI is InChI=1S/C17H20N2O4S2/c1-11-8-16(18-14-9-12(23-2)5-6-13(11)14)24-10-15(20)19-17-4-3-7-25(17,21)22/h5-6,8-9,17H,3-4,7,10H2,1-2H3,(H,19,20)/t17-/m1/s1. The Morgan fingerprint density at radius 3 is 2.88 bits per heavy atom. The molecule has 6 nitrogen and oxygen atoms in total. The van der Waals surface area contributed by atoms with Crippen LogP contribution >= 0.6 is 11.8 Å². The second kappa shape index (κ2) is 7.21. The van der Waals surface area contributed by atoms with E-state index >= 15 is 0 Å². The summed E-state index contributed by atoms with van der Waals surface area (Å²) >= 11 is 1.30. The van der Waals surface area contributed by atoms with Gasteiger partial charge in [0, 0.05) is 11.5 Å². The molecule has 1 aromatic heterocycles. The van der Waals surface area contributed by atoms with E-state index in [9.17, 15) is 13.2 Å². The van der Waals surface area contributed by atoms with Gasteiger partial charge >= 0.3 is 0 Å². The van der Waals surface area contributed by atoms with Crippen molar-refractivity contribution in [2.45, 2.75) is 30.2 Å². The Labute approximate surface area is 151 Å². The Bertz CT molecular complexity index is 912. The maximum Gasteiger partial charge on any atom is 0.231 e. The summed E-state index contributed by atoms with van der Waals surface area (Å²) in [5, 5.41) is 3.63. The van der Waals surface area contributed by atoms with Gasteiger partial charge in [0.1, 0.15) is 11.1 Å². The smallest absolute Gasteiger partial charge is 0.231 e. The first kappa shape index (κ1) is 18.0. The fourth-order valence-corrected chi connectivity index (χ4v) is 5.34. The number of fused-ring (bicyclic) bond motifs is 1. The molecule has 25 heavy (non-hydrogen) atoms. The van der Waals surface area contributed by atoms with Gasteiger partial charge in [-0.05, 0) is 43.5 Å². The molecule has 1 fully saturated rings. The maximum absolute atomic E-state index is 12.1. The molecule has 0 aliphatic carbocycles. The third kappa shape index (κ3) is 4.07. The number of benzene rings is 1. The van der Waals surface area contributed by atoms with Crippen LogP contribution in [0.4, 0.5) is 0 Å². The zero-order chi connectivity index (χ0) is 18.0. The van der Waals surface area contributed by atoms with Crippen LogP contribution in [0.1, 0.15) is 18.4 Å². The quantitative estimate of drug-likeness (QED) is 0.801. The molecule has 1 atom stereocenters. The van der Waals surface area contributed by atoms with Crippen molar-refractivity contribution in [2.75, 3.05) is 18.6 Å². The number of hydrogen-bond acceptors (Lipinski definition) is 6. The lowest BCUT2D eigenvalue weighted by Crippen LogP contribution is -2.38. The summed E-state index contributed by atoms with van der Waals surface area (Å²) in [6.45, 7) is 1.99. The van der Waals surface area contributed by atoms with Crippen LogP contribution in [0.2, 0.25) is 0 Å². The summed E-state index contributed by atoms with van der Waals surface area (Å²) < 4.78 is 28.8. The van der Waals surface area contributed by atoms with Crippen LogP contribution in [0, 0.1) is 6.92 Å². The summed E-state index contributed by atoms with van der Waals surface area (Å²) in [4.78, 5) is 16.6. The van der Waals surface area contributed by atoms with Crippen LogP contribution in [0.3, 0.4) is 0 Å². The zero-order valence-electron chi connectivity index (χ0n) is 14.1. The molecule has 0 unspecified atom stereocenters. The van der Waals surface area contributed by atoms with Crippen molar-refractivity contribution in [3.05, 3.63) is 29.8 Å². The zero-order valence-corrected chi connectivity index (χ0v) is 15.7. The van der Waals surface area contributed by atoms with Crippen molar-refractivity contribution in [2.24, 2.45) is 0 Å². The van der Waals surface area contributed by atoms with Crippen LogP contribution in [0.15, 0.2) is 29.3 Å². The van der Waals surface area contributed by atoms with Gasteiger partial charge < -0.3 is 10.1 Å². The molecule has 1 aliphatic rings. The van der Waals surface area contributed by atoms with Crippen molar-refractivity contribution < 1.29 is 17.9 Å². The van der Waals surface area contributed by atoms with E-state index in [2.05, 4.69) is 10.3 Å². The van der Waals surface area contributed by atoms with Crippen LogP contribution in [-0.2, 0) is 14.6 Å². The number of carbonyl (C=O) groups excluding carboxylic acids is 1. The minimum atomic E-state index is -3.18. The van der Waals surface area contributed by atoms with Gasteiger partial charge in [0.2, 0.25) is 5.91 Å². The molecule has 1 aromatic carbocycles. The number of hydrogen-bond donors (Lipinski definition) is 1. The van der Waals surface area contributed by atoms with Gasteiger partial charge in [-0.3, -0.25) is 4.79 Å². The monoisotopic (exact) mass is 380 g/mol. The highest BCUT2D eigenvalue weighted by molar-refractivity contribution is 7.99. The molecular weight excluding hydrogens is 360 g/mol. The number of methoxy groups -OCH3 is 1. The van der Waals surface area contributed by atoms with Crippen LogP contribution in [0.5, 0.6) is 5.75 Å². The second-order valence-corrected chi connectivity index (χ2v) is 9.31. The third-order valence-electron chi connectivity index (χ3n) is 4.20. The number of pyridine rings is 1. The number of nitrogens with one attached hydrogen (secondary N) is 1. The van der Waals surface area contributed by atoms with Crippen molar-refractivity contribution in [1.82, 2.24) is 10.3 Å². The van der Waals surface area contributed by atoms with Crippen molar-refractivity contribution in [3.8, 4) is 5.75 Å². The molecule has 2 aromatic rings. The highest BCUT2D eigenvalue weighted by atomic mass is 32.2. The topological polar surface area (TPSA) is 85.4 Å². The van der Waals surface area contributed by atoms with E-state index in [1.807, 2.05) is 31.2 Å². The number of rotatable bonds is 5. The maximum atomic E-state index is 12.1. The Morgan fingerprint density at radius 2 is 2.20 bits per heavy atom. The molecule has 0 saturated carbocycles. The van der Waals surface area contributed by atoms with Gasteiger partial charge in [-0.2, -0.15) is 0 Å². The predicted molar refractivity (Wildman–Crippen MR) is 98.7 cm³/mol. The van der Waals surface area contributed by atoms with Gasteiger partial charge in [0.15, 0.2) is 9.84 Å². The number of thioether (sulfide) groups is 1. The first-order valence-electron chi connectivity index (χ1n) is 7.98. The first-order valence-corrected chi connectivity index (χ1v) is 10.7. The summed E-state index contributed by atoms with van der Waals surface area (Å²) in [5.74, 6) is 0.725. The number of carbonyl (C=O) groups is 1. The Kier molecular flexibility index (Phi) is 5.19. The predicted octanol–water partition coefficient (Wildman–Crippen LogP) is 2.29. The molecule has 8 heteroatoms. The van der Waals surface area contributed by atoms with E-state index in [0.717, 1.165) is 27.2 Å². The van der Waals surface area contributed by atoms with Gasteiger partial charge in [-0.1, -0.05) is 11.8 Å². The molecule has 1 amide bonds. The molecule has 2 heterocycles. The van der Waals surface area contributed by atoms with Crippen molar-refractivity contribution >= 4 is 38.4 Å². The van der Waals surface area contributed by atoms with Gasteiger partial charge in [0.25, 0.3) is 0 Å². The molecular formula is C17H20N2O4S2. The fraction of sp³-hybridized carbons (Fsp3) is 0.412. The summed E-state index contributed by atoms with van der Waals surface area (Å²) in [5.41, 5.74) is 1.87. The Hall–Kier alpha value is -1.80. The molecule has 134 valence electrons. The number of amides is 1. The molecule has 1 saturated heterocycles. The van der Waals surface area contributed by atoms with E-state index in [-0.39, 0.29) is 17.4 Å². The Balaban J connectivity index is 1.69. The van der Waals surface area contributed by atoms with Gasteiger partial charge in [-0.25, -0.2) is 13.4 Å². The third-order valence-corrected chi connectivity index (χ3v) is 7.19. The lowest BCUT2D eigenvalue weighted by Gasteiger charge is -2.12. The summed E-state index contributed by atoms with van der Waals surface area (Å²) in [7, 11) is -1.57. The van der Waals surface area contributed by atoms with E-state index in [0.29, 0.717) is 12.8 Å².